The number of aromatic nitrogens is 2. The molecule has 2 aromatic carbocycles. The Hall–Kier alpha value is -3.23. The molecule has 0 spiro atoms. The molecule has 9 heteroatoms. The fraction of sp³-hybridized carbons (Fsp3) is 0.250. The zero-order valence-corrected chi connectivity index (χ0v) is 19.8. The van der Waals surface area contributed by atoms with Gasteiger partial charge in [0.15, 0.2) is 5.43 Å². The molecule has 1 unspecified atom stereocenters. The molecule has 0 saturated heterocycles. The fourth-order valence-corrected chi connectivity index (χ4v) is 4.97. The predicted octanol–water partition coefficient (Wildman–Crippen LogP) is 5.32. The number of anilines is 1. The maximum atomic E-state index is 13.7. The second-order valence-corrected chi connectivity index (χ2v) is 9.13. The van der Waals surface area contributed by atoms with Crippen LogP contribution in [0.5, 0.6) is 5.75 Å². The van der Waals surface area contributed by atoms with E-state index < -0.39 is 11.9 Å². The van der Waals surface area contributed by atoms with Gasteiger partial charge in [0.25, 0.3) is 5.91 Å². The van der Waals surface area contributed by atoms with Crippen molar-refractivity contribution in [1.29, 1.82) is 0 Å². The Labute approximate surface area is 198 Å². The Morgan fingerprint density at radius 3 is 2.58 bits per heavy atom. The second kappa shape index (κ2) is 8.28. The van der Waals surface area contributed by atoms with Crippen LogP contribution in [0.15, 0.2) is 45.6 Å². The van der Waals surface area contributed by atoms with E-state index in [9.17, 15) is 9.59 Å². The Kier molecular flexibility index (Phi) is 5.42. The summed E-state index contributed by atoms with van der Waals surface area (Å²) in [5.74, 6) is 0.296. The molecule has 33 heavy (non-hydrogen) atoms. The zero-order chi connectivity index (χ0) is 23.3. The van der Waals surface area contributed by atoms with E-state index in [0.717, 1.165) is 16.1 Å². The third-order valence-electron chi connectivity index (χ3n) is 5.62. The Morgan fingerprint density at radius 1 is 1.15 bits per heavy atom. The molecule has 2 aromatic heterocycles. The number of halogens is 1. The van der Waals surface area contributed by atoms with Crippen LogP contribution in [0.2, 0.25) is 5.02 Å². The highest BCUT2D eigenvalue weighted by molar-refractivity contribution is 7.15. The molecule has 0 N–H and O–H groups in total. The molecule has 3 heterocycles. The number of amides is 1. The van der Waals surface area contributed by atoms with E-state index in [4.69, 9.17) is 20.8 Å². The number of ether oxygens (including phenoxy) is 1. The smallest absolute Gasteiger partial charge is 0.297 e. The Bertz CT molecular complexity index is 1440. The first-order valence-corrected chi connectivity index (χ1v) is 11.8. The lowest BCUT2D eigenvalue weighted by molar-refractivity contribution is 0.0970. The van der Waals surface area contributed by atoms with Gasteiger partial charge >= 0.3 is 0 Å². The molecule has 1 aliphatic rings. The molecule has 0 saturated carbocycles. The number of benzene rings is 2. The first kappa shape index (κ1) is 21.6. The van der Waals surface area contributed by atoms with E-state index in [1.165, 1.54) is 16.2 Å². The monoisotopic (exact) mass is 481 g/mol. The number of nitrogens with zero attached hydrogens (tertiary/aromatic N) is 3. The van der Waals surface area contributed by atoms with Crippen LogP contribution in [-0.2, 0) is 6.42 Å². The summed E-state index contributed by atoms with van der Waals surface area (Å²) in [4.78, 5) is 28.7. The number of rotatable bonds is 5. The molecule has 1 atom stereocenters. The zero-order valence-electron chi connectivity index (χ0n) is 18.2. The van der Waals surface area contributed by atoms with Crippen molar-refractivity contribution in [3.05, 3.63) is 79.1 Å². The van der Waals surface area contributed by atoms with Gasteiger partial charge in [-0.3, -0.25) is 14.5 Å². The highest BCUT2D eigenvalue weighted by Crippen LogP contribution is 2.42. The molecule has 4 aromatic rings. The minimum atomic E-state index is -0.707. The van der Waals surface area contributed by atoms with Crippen molar-refractivity contribution in [3.63, 3.8) is 0 Å². The van der Waals surface area contributed by atoms with Crippen LogP contribution in [0.25, 0.3) is 11.0 Å². The Balaban J connectivity index is 1.76. The van der Waals surface area contributed by atoms with Crippen molar-refractivity contribution in [3.8, 4) is 5.75 Å². The van der Waals surface area contributed by atoms with E-state index in [1.54, 1.807) is 12.1 Å². The van der Waals surface area contributed by atoms with Gasteiger partial charge in [-0.05, 0) is 55.7 Å². The SMILES string of the molecule is CCOc1ccc(C2c3c(oc4cc(C)c(Cl)cc4c3=O)C(=O)N2c2nnc(CC)s2)cc1. The van der Waals surface area contributed by atoms with Gasteiger partial charge in [-0.2, -0.15) is 0 Å². The van der Waals surface area contributed by atoms with Crippen LogP contribution in [0.3, 0.4) is 0 Å². The van der Waals surface area contributed by atoms with E-state index in [1.807, 2.05) is 45.0 Å². The van der Waals surface area contributed by atoms with Crippen molar-refractivity contribution in [1.82, 2.24) is 10.2 Å². The average Bonchev–Trinajstić information content (AvgIpc) is 3.39. The minimum absolute atomic E-state index is 0.0151. The highest BCUT2D eigenvalue weighted by atomic mass is 35.5. The molecule has 5 rings (SSSR count). The summed E-state index contributed by atoms with van der Waals surface area (Å²) in [5.41, 5.74) is 1.80. The molecule has 0 fully saturated rings. The van der Waals surface area contributed by atoms with Crippen LogP contribution in [0.1, 0.15) is 52.1 Å². The van der Waals surface area contributed by atoms with Gasteiger partial charge in [0.1, 0.15) is 16.3 Å². The van der Waals surface area contributed by atoms with Crippen LogP contribution < -0.4 is 15.1 Å². The molecule has 1 aliphatic heterocycles. The maximum absolute atomic E-state index is 13.7. The minimum Gasteiger partial charge on any atom is -0.494 e. The summed E-state index contributed by atoms with van der Waals surface area (Å²) < 4.78 is 11.6. The standard InChI is InChI=1S/C24H20ClN3O4S/c1-4-18-26-27-24(33-18)28-20(13-6-8-14(9-7-13)31-5-2)19-21(29)15-11-16(25)12(3)10-17(15)32-22(19)23(28)30/h6-11,20H,4-5H2,1-3H3. The number of fused-ring (bicyclic) bond motifs is 2. The van der Waals surface area contributed by atoms with Gasteiger partial charge in [0, 0.05) is 5.02 Å². The summed E-state index contributed by atoms with van der Waals surface area (Å²) in [6, 6.07) is 9.90. The number of hydrogen-bond donors (Lipinski definition) is 0. The maximum Gasteiger partial charge on any atom is 0.297 e. The summed E-state index contributed by atoms with van der Waals surface area (Å²) in [6.07, 6.45) is 0.694. The fourth-order valence-electron chi connectivity index (χ4n) is 4.00. The molecule has 1 amide bonds. The number of carbonyl (C=O) groups excluding carboxylic acids is 1. The normalized spacial score (nSPS) is 15.3. The van der Waals surface area contributed by atoms with E-state index in [0.29, 0.717) is 39.9 Å². The largest absolute Gasteiger partial charge is 0.494 e. The van der Waals surface area contributed by atoms with Crippen molar-refractivity contribution < 1.29 is 13.9 Å². The van der Waals surface area contributed by atoms with Gasteiger partial charge in [-0.15, -0.1) is 10.2 Å². The van der Waals surface area contributed by atoms with Crippen molar-refractivity contribution in [2.24, 2.45) is 0 Å². The van der Waals surface area contributed by atoms with E-state index in [-0.39, 0.29) is 16.8 Å². The van der Waals surface area contributed by atoms with Crippen LogP contribution in [0, 0.1) is 6.92 Å². The second-order valence-electron chi connectivity index (χ2n) is 7.68. The molecule has 0 aliphatic carbocycles. The quantitative estimate of drug-likeness (QED) is 0.383. The van der Waals surface area contributed by atoms with Gasteiger partial charge in [-0.1, -0.05) is 42.0 Å². The third kappa shape index (κ3) is 3.50. The van der Waals surface area contributed by atoms with Gasteiger partial charge in [-0.25, -0.2) is 0 Å². The number of aryl methyl sites for hydroxylation is 2. The van der Waals surface area contributed by atoms with E-state index >= 15 is 0 Å². The lowest BCUT2D eigenvalue weighted by Crippen LogP contribution is -2.29. The van der Waals surface area contributed by atoms with Gasteiger partial charge in [0.05, 0.1) is 23.6 Å². The van der Waals surface area contributed by atoms with Crippen LogP contribution in [0.4, 0.5) is 5.13 Å². The highest BCUT2D eigenvalue weighted by Gasteiger charge is 2.45. The van der Waals surface area contributed by atoms with Crippen molar-refractivity contribution in [2.45, 2.75) is 33.2 Å². The first-order chi connectivity index (χ1) is 15.9. The molecule has 168 valence electrons. The third-order valence-corrected chi connectivity index (χ3v) is 7.10. The first-order valence-electron chi connectivity index (χ1n) is 10.6. The lowest BCUT2D eigenvalue weighted by atomic mass is 9.98. The number of hydrogen-bond acceptors (Lipinski definition) is 7. The molecule has 0 radical (unpaired) electrons. The molecular formula is C24H20ClN3O4S. The van der Waals surface area contributed by atoms with Crippen LogP contribution in [-0.4, -0.2) is 22.7 Å². The average molecular weight is 482 g/mol. The van der Waals surface area contributed by atoms with Crippen LogP contribution >= 0.6 is 22.9 Å². The van der Waals surface area contributed by atoms with Gasteiger partial charge < -0.3 is 9.15 Å². The van der Waals surface area contributed by atoms with Gasteiger partial charge in [0.2, 0.25) is 10.9 Å². The Morgan fingerprint density at radius 2 is 1.91 bits per heavy atom. The summed E-state index contributed by atoms with van der Waals surface area (Å²) in [7, 11) is 0. The lowest BCUT2D eigenvalue weighted by Gasteiger charge is -2.22. The predicted molar refractivity (Wildman–Crippen MR) is 128 cm³/mol. The van der Waals surface area contributed by atoms with Crippen molar-refractivity contribution in [2.75, 3.05) is 11.5 Å². The molecule has 0 bridgehead atoms. The topological polar surface area (TPSA) is 85.5 Å². The summed E-state index contributed by atoms with van der Waals surface area (Å²) >= 11 is 7.62. The molecule has 7 nitrogen and oxygen atoms in total. The summed E-state index contributed by atoms with van der Waals surface area (Å²) in [5, 5.41) is 10.4. The van der Waals surface area contributed by atoms with Crippen molar-refractivity contribution >= 4 is 44.9 Å². The molecular weight excluding hydrogens is 462 g/mol. The summed E-state index contributed by atoms with van der Waals surface area (Å²) in [6.45, 7) is 6.24. The van der Waals surface area contributed by atoms with E-state index in [2.05, 4.69) is 10.2 Å². The number of carbonyl (C=O) groups is 1.